The molecule has 2 aliphatic carbocycles. The zero-order valence-electron chi connectivity index (χ0n) is 11.9. The lowest BCUT2D eigenvalue weighted by molar-refractivity contribution is 0.201. The van der Waals surface area contributed by atoms with Gasteiger partial charge < -0.3 is 5.32 Å². The summed E-state index contributed by atoms with van der Waals surface area (Å²) in [7, 11) is 0. The van der Waals surface area contributed by atoms with Gasteiger partial charge in [0.1, 0.15) is 0 Å². The highest BCUT2D eigenvalue weighted by Crippen LogP contribution is 2.40. The molecule has 1 N–H and O–H groups in total. The topological polar surface area (TPSA) is 12.0 Å². The second-order valence-corrected chi connectivity index (χ2v) is 6.50. The van der Waals surface area contributed by atoms with Crippen LogP contribution in [-0.2, 0) is 0 Å². The maximum atomic E-state index is 3.96. The van der Waals surface area contributed by atoms with E-state index in [1.807, 2.05) is 0 Å². The summed E-state index contributed by atoms with van der Waals surface area (Å²) in [6.45, 7) is 6.06. The van der Waals surface area contributed by atoms with E-state index in [0.29, 0.717) is 5.41 Å². The molecule has 1 nitrogen and oxygen atoms in total. The van der Waals surface area contributed by atoms with Crippen LogP contribution in [0.15, 0.2) is 0 Å². The minimum atomic E-state index is 0.662. The van der Waals surface area contributed by atoms with E-state index in [4.69, 9.17) is 0 Å². The molecule has 0 spiro atoms. The van der Waals surface area contributed by atoms with E-state index in [2.05, 4.69) is 19.2 Å². The summed E-state index contributed by atoms with van der Waals surface area (Å²) >= 11 is 0. The van der Waals surface area contributed by atoms with Gasteiger partial charge in [-0.15, -0.1) is 0 Å². The van der Waals surface area contributed by atoms with Crippen molar-refractivity contribution in [3.63, 3.8) is 0 Å². The smallest absolute Gasteiger partial charge is 0.00954 e. The monoisotopic (exact) mass is 237 g/mol. The first-order chi connectivity index (χ1) is 8.29. The summed E-state index contributed by atoms with van der Waals surface area (Å²) in [4.78, 5) is 0. The van der Waals surface area contributed by atoms with Gasteiger partial charge in [-0.1, -0.05) is 46.0 Å². The van der Waals surface area contributed by atoms with Gasteiger partial charge in [-0.05, 0) is 43.4 Å². The molecule has 0 aromatic rings. The Kier molecular flexibility index (Phi) is 4.90. The SMILES string of the molecule is CCC1CCCCC1NCC1(CC)CCCC1. The maximum absolute atomic E-state index is 3.96. The molecule has 1 heteroatoms. The number of hydrogen-bond donors (Lipinski definition) is 1. The normalized spacial score (nSPS) is 32.8. The second kappa shape index (κ2) is 6.22. The van der Waals surface area contributed by atoms with Crippen LogP contribution in [-0.4, -0.2) is 12.6 Å². The van der Waals surface area contributed by atoms with E-state index in [9.17, 15) is 0 Å². The van der Waals surface area contributed by atoms with E-state index >= 15 is 0 Å². The van der Waals surface area contributed by atoms with Crippen molar-refractivity contribution in [1.29, 1.82) is 0 Å². The molecule has 2 rings (SSSR count). The standard InChI is InChI=1S/C16H31N/c1-3-14-9-5-6-10-15(14)17-13-16(4-2)11-7-8-12-16/h14-15,17H,3-13H2,1-2H3. The number of hydrogen-bond acceptors (Lipinski definition) is 1. The Bertz CT molecular complexity index is 218. The average molecular weight is 237 g/mol. The molecular weight excluding hydrogens is 206 g/mol. The van der Waals surface area contributed by atoms with Crippen LogP contribution in [0, 0.1) is 11.3 Å². The fourth-order valence-electron chi connectivity index (χ4n) is 4.09. The first kappa shape index (κ1) is 13.4. The summed E-state index contributed by atoms with van der Waals surface area (Å²) in [5.74, 6) is 0.957. The van der Waals surface area contributed by atoms with E-state index in [1.54, 1.807) is 0 Å². The van der Waals surface area contributed by atoms with Crippen molar-refractivity contribution in [2.75, 3.05) is 6.54 Å². The number of nitrogens with one attached hydrogen (secondary N) is 1. The minimum absolute atomic E-state index is 0.662. The Labute approximate surface area is 108 Å². The lowest BCUT2D eigenvalue weighted by Crippen LogP contribution is -2.43. The summed E-state index contributed by atoms with van der Waals surface area (Å²) in [5.41, 5.74) is 0.662. The summed E-state index contributed by atoms with van der Waals surface area (Å²) < 4.78 is 0. The summed E-state index contributed by atoms with van der Waals surface area (Å²) in [6, 6.07) is 0.831. The molecule has 2 fully saturated rings. The first-order valence-corrected chi connectivity index (χ1v) is 8.03. The molecule has 0 amide bonds. The highest BCUT2D eigenvalue weighted by Gasteiger charge is 2.33. The first-order valence-electron chi connectivity index (χ1n) is 8.03. The lowest BCUT2D eigenvalue weighted by Gasteiger charge is -2.36. The molecule has 0 heterocycles. The minimum Gasteiger partial charge on any atom is -0.313 e. The van der Waals surface area contributed by atoms with Crippen LogP contribution in [0.2, 0.25) is 0 Å². The lowest BCUT2D eigenvalue weighted by atomic mass is 9.80. The van der Waals surface area contributed by atoms with Crippen molar-refractivity contribution in [3.05, 3.63) is 0 Å². The second-order valence-electron chi connectivity index (χ2n) is 6.50. The van der Waals surface area contributed by atoms with E-state index in [0.717, 1.165) is 12.0 Å². The Morgan fingerprint density at radius 1 is 1.00 bits per heavy atom. The Morgan fingerprint density at radius 2 is 1.71 bits per heavy atom. The van der Waals surface area contributed by atoms with Crippen molar-refractivity contribution in [1.82, 2.24) is 5.32 Å². The maximum Gasteiger partial charge on any atom is 0.00954 e. The summed E-state index contributed by atoms with van der Waals surface area (Å²) in [6.07, 6.45) is 14.4. The van der Waals surface area contributed by atoms with Gasteiger partial charge in [0.25, 0.3) is 0 Å². The predicted molar refractivity (Wildman–Crippen MR) is 75.2 cm³/mol. The van der Waals surface area contributed by atoms with Crippen LogP contribution < -0.4 is 5.32 Å². The molecule has 2 saturated carbocycles. The van der Waals surface area contributed by atoms with Crippen molar-refractivity contribution < 1.29 is 0 Å². The Hall–Kier alpha value is -0.0400. The molecule has 2 aliphatic rings. The average Bonchev–Trinajstić information content (AvgIpc) is 2.86. The van der Waals surface area contributed by atoms with Gasteiger partial charge in [0, 0.05) is 12.6 Å². The molecule has 0 aromatic carbocycles. The quantitative estimate of drug-likeness (QED) is 0.741. The zero-order chi connectivity index (χ0) is 12.1. The molecule has 100 valence electrons. The molecule has 0 bridgehead atoms. The van der Waals surface area contributed by atoms with Crippen LogP contribution >= 0.6 is 0 Å². The van der Waals surface area contributed by atoms with Gasteiger partial charge in [-0.25, -0.2) is 0 Å². The number of rotatable bonds is 5. The van der Waals surface area contributed by atoms with Crippen LogP contribution in [0.3, 0.4) is 0 Å². The van der Waals surface area contributed by atoms with Crippen LogP contribution in [0.1, 0.15) is 78.1 Å². The van der Waals surface area contributed by atoms with Gasteiger partial charge in [0.2, 0.25) is 0 Å². The third-order valence-corrected chi connectivity index (χ3v) is 5.59. The van der Waals surface area contributed by atoms with E-state index < -0.39 is 0 Å². The van der Waals surface area contributed by atoms with Gasteiger partial charge in [-0.2, -0.15) is 0 Å². The molecule has 0 saturated heterocycles. The van der Waals surface area contributed by atoms with Crippen molar-refractivity contribution in [2.45, 2.75) is 84.1 Å². The molecule has 0 radical (unpaired) electrons. The zero-order valence-corrected chi connectivity index (χ0v) is 11.9. The van der Waals surface area contributed by atoms with Crippen LogP contribution in [0.4, 0.5) is 0 Å². The Morgan fingerprint density at radius 3 is 2.35 bits per heavy atom. The predicted octanol–water partition coefficient (Wildman–Crippen LogP) is 4.52. The Balaban J connectivity index is 1.83. The van der Waals surface area contributed by atoms with Gasteiger partial charge in [-0.3, -0.25) is 0 Å². The van der Waals surface area contributed by atoms with Crippen molar-refractivity contribution in [3.8, 4) is 0 Å². The largest absolute Gasteiger partial charge is 0.313 e. The van der Waals surface area contributed by atoms with Crippen LogP contribution in [0.25, 0.3) is 0 Å². The van der Waals surface area contributed by atoms with Gasteiger partial charge in [0.05, 0.1) is 0 Å². The molecule has 0 aliphatic heterocycles. The fraction of sp³-hybridized carbons (Fsp3) is 1.00. The highest BCUT2D eigenvalue weighted by atomic mass is 14.9. The molecule has 2 unspecified atom stereocenters. The third kappa shape index (κ3) is 3.24. The summed E-state index contributed by atoms with van der Waals surface area (Å²) in [5, 5.41) is 3.96. The third-order valence-electron chi connectivity index (χ3n) is 5.59. The van der Waals surface area contributed by atoms with Crippen molar-refractivity contribution >= 4 is 0 Å². The fourth-order valence-corrected chi connectivity index (χ4v) is 4.09. The molecule has 17 heavy (non-hydrogen) atoms. The van der Waals surface area contributed by atoms with Gasteiger partial charge >= 0.3 is 0 Å². The highest BCUT2D eigenvalue weighted by molar-refractivity contribution is 4.88. The molecule has 0 aromatic heterocycles. The van der Waals surface area contributed by atoms with Crippen molar-refractivity contribution in [2.24, 2.45) is 11.3 Å². The molecule has 2 atom stereocenters. The molecular formula is C16H31N. The van der Waals surface area contributed by atoms with Gasteiger partial charge in [0.15, 0.2) is 0 Å². The van der Waals surface area contributed by atoms with E-state index in [1.165, 1.54) is 70.8 Å². The van der Waals surface area contributed by atoms with Crippen LogP contribution in [0.5, 0.6) is 0 Å². The van der Waals surface area contributed by atoms with E-state index in [-0.39, 0.29) is 0 Å².